The minimum absolute atomic E-state index is 0.219. The Bertz CT molecular complexity index is 351. The van der Waals surface area contributed by atoms with Gasteiger partial charge in [0, 0.05) is 5.56 Å². The second-order valence-electron chi connectivity index (χ2n) is 5.30. The van der Waals surface area contributed by atoms with Gasteiger partial charge in [0.1, 0.15) is 5.82 Å². The number of hydrogen-bond acceptors (Lipinski definition) is 1. The first-order valence-corrected chi connectivity index (χ1v) is 5.42. The van der Waals surface area contributed by atoms with Gasteiger partial charge in [0.2, 0.25) is 0 Å². The number of benzene rings is 1. The van der Waals surface area contributed by atoms with Crippen LogP contribution >= 0.6 is 0 Å². The van der Waals surface area contributed by atoms with Gasteiger partial charge in [-0.15, -0.1) is 0 Å². The number of aliphatic hydroxyl groups is 1. The molecule has 1 atom stereocenters. The van der Waals surface area contributed by atoms with Crippen molar-refractivity contribution in [3.8, 4) is 0 Å². The van der Waals surface area contributed by atoms with Crippen LogP contribution in [0.3, 0.4) is 0 Å². The van der Waals surface area contributed by atoms with Crippen molar-refractivity contribution in [2.75, 3.05) is 0 Å². The molecule has 1 N–H and O–H groups in total. The van der Waals surface area contributed by atoms with E-state index in [1.165, 1.54) is 6.07 Å². The van der Waals surface area contributed by atoms with E-state index in [-0.39, 0.29) is 11.7 Å². The lowest BCUT2D eigenvalue weighted by Crippen LogP contribution is -2.35. The quantitative estimate of drug-likeness (QED) is 0.790. The van der Waals surface area contributed by atoms with Crippen LogP contribution in [0, 0.1) is 17.2 Å². The first-order valence-electron chi connectivity index (χ1n) is 5.42. The summed E-state index contributed by atoms with van der Waals surface area (Å²) < 4.78 is 13.4. The Labute approximate surface area is 89.9 Å². The van der Waals surface area contributed by atoms with Crippen molar-refractivity contribution < 1.29 is 9.50 Å². The average Bonchev–Trinajstić information content (AvgIpc) is 2.14. The van der Waals surface area contributed by atoms with Crippen LogP contribution in [0.25, 0.3) is 0 Å². The molecular formula is C13H17FO. The highest BCUT2D eigenvalue weighted by Gasteiger charge is 2.40. The summed E-state index contributed by atoms with van der Waals surface area (Å²) in [5, 5.41) is 10.0. The molecule has 1 nitrogen and oxygen atoms in total. The third kappa shape index (κ3) is 2.05. The standard InChI is InChI=1S/C13H17FO/c1-13(2)7-9(8-13)12(15)10-5-3-4-6-11(10)14/h3-6,9,12,15H,7-8H2,1-2H3/t12-/m0/s1. The Balaban J connectivity index is 2.10. The smallest absolute Gasteiger partial charge is 0.129 e. The van der Waals surface area contributed by atoms with E-state index in [0.29, 0.717) is 11.0 Å². The summed E-state index contributed by atoms with van der Waals surface area (Å²) in [7, 11) is 0. The number of hydrogen-bond donors (Lipinski definition) is 1. The molecule has 0 spiro atoms. The SMILES string of the molecule is CC1(C)CC([C@H](O)c2ccccc2F)C1. The predicted molar refractivity (Wildman–Crippen MR) is 57.9 cm³/mol. The molecule has 15 heavy (non-hydrogen) atoms. The molecule has 0 saturated heterocycles. The van der Waals surface area contributed by atoms with E-state index < -0.39 is 6.10 Å². The van der Waals surface area contributed by atoms with Gasteiger partial charge in [0.05, 0.1) is 6.10 Å². The Morgan fingerprint density at radius 3 is 2.47 bits per heavy atom. The average molecular weight is 208 g/mol. The highest BCUT2D eigenvalue weighted by atomic mass is 19.1. The van der Waals surface area contributed by atoms with Crippen LogP contribution in [0.5, 0.6) is 0 Å². The zero-order valence-corrected chi connectivity index (χ0v) is 9.20. The number of halogens is 1. The van der Waals surface area contributed by atoms with E-state index >= 15 is 0 Å². The molecule has 0 amide bonds. The van der Waals surface area contributed by atoms with Crippen LogP contribution in [-0.2, 0) is 0 Å². The molecule has 0 heterocycles. The third-order valence-corrected chi connectivity index (χ3v) is 3.30. The minimum Gasteiger partial charge on any atom is -0.388 e. The molecular weight excluding hydrogens is 191 g/mol. The zero-order valence-electron chi connectivity index (χ0n) is 9.20. The van der Waals surface area contributed by atoms with Crippen LogP contribution in [0.15, 0.2) is 24.3 Å². The van der Waals surface area contributed by atoms with Gasteiger partial charge in [-0.1, -0.05) is 32.0 Å². The van der Waals surface area contributed by atoms with Crippen LogP contribution in [0.4, 0.5) is 4.39 Å². The molecule has 0 aliphatic heterocycles. The summed E-state index contributed by atoms with van der Waals surface area (Å²) in [5.74, 6) is -0.0772. The summed E-state index contributed by atoms with van der Waals surface area (Å²) >= 11 is 0. The van der Waals surface area contributed by atoms with Gasteiger partial charge in [-0.3, -0.25) is 0 Å². The second kappa shape index (κ2) is 3.60. The molecule has 1 aromatic carbocycles. The fraction of sp³-hybridized carbons (Fsp3) is 0.538. The van der Waals surface area contributed by atoms with Gasteiger partial charge in [0.25, 0.3) is 0 Å². The zero-order chi connectivity index (χ0) is 11.1. The Hall–Kier alpha value is -0.890. The highest BCUT2D eigenvalue weighted by molar-refractivity contribution is 5.21. The van der Waals surface area contributed by atoms with E-state index in [4.69, 9.17) is 0 Å². The van der Waals surface area contributed by atoms with E-state index in [1.807, 2.05) is 0 Å². The lowest BCUT2D eigenvalue weighted by molar-refractivity contribution is -0.0163. The van der Waals surface area contributed by atoms with Crippen molar-refractivity contribution in [3.05, 3.63) is 35.6 Å². The van der Waals surface area contributed by atoms with Gasteiger partial charge in [-0.05, 0) is 30.2 Å². The summed E-state index contributed by atoms with van der Waals surface area (Å²) in [6.45, 7) is 4.36. The molecule has 0 aromatic heterocycles. The third-order valence-electron chi connectivity index (χ3n) is 3.30. The summed E-state index contributed by atoms with van der Waals surface area (Å²) in [6, 6.07) is 6.50. The monoisotopic (exact) mass is 208 g/mol. The molecule has 1 aliphatic carbocycles. The van der Waals surface area contributed by atoms with E-state index in [0.717, 1.165) is 12.8 Å². The maximum absolute atomic E-state index is 13.4. The predicted octanol–water partition coefficient (Wildman–Crippen LogP) is 3.30. The van der Waals surface area contributed by atoms with Crippen molar-refractivity contribution in [1.29, 1.82) is 0 Å². The van der Waals surface area contributed by atoms with Gasteiger partial charge in [0.15, 0.2) is 0 Å². The Morgan fingerprint density at radius 2 is 1.93 bits per heavy atom. The maximum Gasteiger partial charge on any atom is 0.129 e. The van der Waals surface area contributed by atoms with Crippen LogP contribution in [0.1, 0.15) is 38.4 Å². The molecule has 2 rings (SSSR count). The normalized spacial score (nSPS) is 22.1. The molecule has 1 fully saturated rings. The molecule has 2 heteroatoms. The molecule has 0 radical (unpaired) electrons. The summed E-state index contributed by atoms with van der Waals surface area (Å²) in [5.41, 5.74) is 0.759. The second-order valence-corrected chi connectivity index (χ2v) is 5.30. The lowest BCUT2D eigenvalue weighted by Gasteiger charge is -2.45. The first-order chi connectivity index (χ1) is 6.99. The van der Waals surface area contributed by atoms with Crippen molar-refractivity contribution >= 4 is 0 Å². The van der Waals surface area contributed by atoms with Gasteiger partial charge in [-0.25, -0.2) is 4.39 Å². The molecule has 1 aliphatic rings. The number of rotatable bonds is 2. The van der Waals surface area contributed by atoms with Crippen LogP contribution in [-0.4, -0.2) is 5.11 Å². The number of aliphatic hydroxyl groups excluding tert-OH is 1. The topological polar surface area (TPSA) is 20.2 Å². The molecule has 1 saturated carbocycles. The molecule has 1 aromatic rings. The van der Waals surface area contributed by atoms with Gasteiger partial charge < -0.3 is 5.11 Å². The fourth-order valence-electron chi connectivity index (χ4n) is 2.55. The largest absolute Gasteiger partial charge is 0.388 e. The van der Waals surface area contributed by atoms with Gasteiger partial charge in [-0.2, -0.15) is 0 Å². The van der Waals surface area contributed by atoms with Crippen molar-refractivity contribution in [2.45, 2.75) is 32.8 Å². The van der Waals surface area contributed by atoms with Gasteiger partial charge >= 0.3 is 0 Å². The summed E-state index contributed by atoms with van der Waals surface area (Å²) in [6.07, 6.45) is 1.31. The Kier molecular flexibility index (Phi) is 2.55. The molecule has 0 unspecified atom stereocenters. The first kappa shape index (κ1) is 10.6. The summed E-state index contributed by atoms with van der Waals surface area (Å²) in [4.78, 5) is 0. The highest BCUT2D eigenvalue weighted by Crippen LogP contribution is 2.50. The van der Waals surface area contributed by atoms with E-state index in [9.17, 15) is 9.50 Å². The Morgan fingerprint density at radius 1 is 1.33 bits per heavy atom. The van der Waals surface area contributed by atoms with Crippen molar-refractivity contribution in [3.63, 3.8) is 0 Å². The molecule has 0 bridgehead atoms. The van der Waals surface area contributed by atoms with E-state index in [2.05, 4.69) is 13.8 Å². The fourth-order valence-corrected chi connectivity index (χ4v) is 2.55. The van der Waals surface area contributed by atoms with Crippen molar-refractivity contribution in [1.82, 2.24) is 0 Å². The van der Waals surface area contributed by atoms with Crippen molar-refractivity contribution in [2.24, 2.45) is 11.3 Å². The minimum atomic E-state index is -0.640. The van der Waals surface area contributed by atoms with Crippen LogP contribution in [0.2, 0.25) is 0 Å². The molecule has 82 valence electrons. The van der Waals surface area contributed by atoms with Crippen LogP contribution < -0.4 is 0 Å². The lowest BCUT2D eigenvalue weighted by atomic mass is 9.62. The van der Waals surface area contributed by atoms with E-state index in [1.54, 1.807) is 18.2 Å². The maximum atomic E-state index is 13.4.